The molecule has 0 aliphatic rings. The summed E-state index contributed by atoms with van der Waals surface area (Å²) in [5.41, 5.74) is 2.64. The molecule has 20 heavy (non-hydrogen) atoms. The van der Waals surface area contributed by atoms with Gasteiger partial charge in [-0.05, 0) is 47.5 Å². The van der Waals surface area contributed by atoms with Gasteiger partial charge in [0, 0.05) is 0 Å². The van der Waals surface area contributed by atoms with Crippen LogP contribution in [0.15, 0.2) is 48.5 Å². The van der Waals surface area contributed by atoms with Crippen molar-refractivity contribution in [1.29, 1.82) is 0 Å². The van der Waals surface area contributed by atoms with E-state index in [2.05, 4.69) is 62.4 Å². The number of aryl methyl sites for hydroxylation is 2. The van der Waals surface area contributed by atoms with Gasteiger partial charge in [-0.3, -0.25) is 0 Å². The van der Waals surface area contributed by atoms with Crippen molar-refractivity contribution in [3.8, 4) is 0 Å². The molecule has 0 heterocycles. The fourth-order valence-electron chi connectivity index (χ4n) is 2.24. The van der Waals surface area contributed by atoms with Crippen LogP contribution in [0.1, 0.15) is 38.8 Å². The monoisotopic (exact) mass is 266 g/mol. The van der Waals surface area contributed by atoms with Gasteiger partial charge in [0.25, 0.3) is 0 Å². The molecule has 3 aromatic rings. The summed E-state index contributed by atoms with van der Waals surface area (Å²) < 4.78 is 0. The second-order valence-electron chi connectivity index (χ2n) is 4.55. The number of rotatable bonds is 0. The second kappa shape index (κ2) is 7.69. The van der Waals surface area contributed by atoms with Crippen molar-refractivity contribution in [2.24, 2.45) is 0 Å². The average molecular weight is 266 g/mol. The first-order chi connectivity index (χ1) is 9.72. The smallest absolute Gasteiger partial charge is 0.0175 e. The molecule has 0 heteroatoms. The van der Waals surface area contributed by atoms with Gasteiger partial charge < -0.3 is 0 Å². The molecular formula is C20H26. The Kier molecular flexibility index (Phi) is 6.24. The summed E-state index contributed by atoms with van der Waals surface area (Å²) in [6, 6.07) is 17.8. The lowest BCUT2D eigenvalue weighted by Gasteiger charge is -2.04. The van der Waals surface area contributed by atoms with Crippen LogP contribution in [0, 0.1) is 13.8 Å². The van der Waals surface area contributed by atoms with Crippen LogP contribution in [0.2, 0.25) is 0 Å². The van der Waals surface area contributed by atoms with Crippen molar-refractivity contribution in [2.75, 3.05) is 0 Å². The lowest BCUT2D eigenvalue weighted by molar-refractivity contribution is 1.50. The highest BCUT2D eigenvalue weighted by atomic mass is 14.0. The van der Waals surface area contributed by atoms with Crippen LogP contribution >= 0.6 is 0 Å². The maximum Gasteiger partial charge on any atom is -0.0175 e. The molecule has 0 amide bonds. The van der Waals surface area contributed by atoms with Gasteiger partial charge >= 0.3 is 0 Å². The van der Waals surface area contributed by atoms with Gasteiger partial charge in [0.05, 0.1) is 0 Å². The molecule has 0 N–H and O–H groups in total. The largest absolute Gasteiger partial charge is 0.0683 e. The van der Waals surface area contributed by atoms with E-state index in [4.69, 9.17) is 0 Å². The van der Waals surface area contributed by atoms with Gasteiger partial charge in [0.15, 0.2) is 0 Å². The molecule has 0 aliphatic carbocycles. The van der Waals surface area contributed by atoms with Crippen LogP contribution in [0.25, 0.3) is 21.5 Å². The fourth-order valence-corrected chi connectivity index (χ4v) is 2.24. The molecule has 0 atom stereocenters. The van der Waals surface area contributed by atoms with Crippen molar-refractivity contribution in [1.82, 2.24) is 0 Å². The first-order valence-corrected chi connectivity index (χ1v) is 7.63. The van der Waals surface area contributed by atoms with E-state index in [1.54, 1.807) is 0 Å². The number of benzene rings is 3. The zero-order chi connectivity index (χ0) is 15.1. The minimum absolute atomic E-state index is 1.32. The van der Waals surface area contributed by atoms with E-state index in [-0.39, 0.29) is 0 Å². The number of fused-ring (bicyclic) bond motifs is 2. The highest BCUT2D eigenvalue weighted by Gasteiger charge is 1.98. The minimum atomic E-state index is 1.32. The molecule has 0 aliphatic heterocycles. The van der Waals surface area contributed by atoms with Gasteiger partial charge in [0.2, 0.25) is 0 Å². The molecule has 0 fully saturated rings. The Labute approximate surface area is 123 Å². The highest BCUT2D eigenvalue weighted by Crippen LogP contribution is 2.24. The van der Waals surface area contributed by atoms with E-state index >= 15 is 0 Å². The molecular weight excluding hydrogens is 240 g/mol. The summed E-state index contributed by atoms with van der Waals surface area (Å²) in [7, 11) is 0. The summed E-state index contributed by atoms with van der Waals surface area (Å²) in [4.78, 5) is 0. The Balaban J connectivity index is 0.000000461. The number of hydrogen-bond donors (Lipinski definition) is 0. The Morgan fingerprint density at radius 3 is 1.15 bits per heavy atom. The lowest BCUT2D eigenvalue weighted by Crippen LogP contribution is -1.79. The Morgan fingerprint density at radius 1 is 0.450 bits per heavy atom. The van der Waals surface area contributed by atoms with Crippen LogP contribution in [-0.2, 0) is 0 Å². The van der Waals surface area contributed by atoms with Crippen LogP contribution in [-0.4, -0.2) is 0 Å². The third-order valence-corrected chi connectivity index (χ3v) is 3.11. The standard InChI is InChI=1S/C16H14.2C2H6/c1-11-3-5-13-10-16-8-12(2)4-6-14(16)9-15(13)7-11;2*1-2/h3-10H,1-2H3;2*1-2H3. The molecule has 0 saturated carbocycles. The topological polar surface area (TPSA) is 0 Å². The van der Waals surface area contributed by atoms with Crippen molar-refractivity contribution >= 4 is 21.5 Å². The maximum atomic E-state index is 2.27. The van der Waals surface area contributed by atoms with E-state index in [0.29, 0.717) is 0 Å². The first-order valence-electron chi connectivity index (χ1n) is 7.63. The molecule has 106 valence electrons. The van der Waals surface area contributed by atoms with Crippen LogP contribution in [0.4, 0.5) is 0 Å². The predicted molar refractivity (Wildman–Crippen MR) is 93.6 cm³/mol. The van der Waals surface area contributed by atoms with Crippen molar-refractivity contribution in [2.45, 2.75) is 41.5 Å². The minimum Gasteiger partial charge on any atom is -0.0683 e. The van der Waals surface area contributed by atoms with Gasteiger partial charge in [-0.25, -0.2) is 0 Å². The fraction of sp³-hybridized carbons (Fsp3) is 0.300. The van der Waals surface area contributed by atoms with Gasteiger partial charge in [-0.1, -0.05) is 75.2 Å². The normalized spacial score (nSPS) is 9.50. The Morgan fingerprint density at radius 2 is 0.800 bits per heavy atom. The Bertz CT molecular complexity index is 616. The van der Waals surface area contributed by atoms with Crippen molar-refractivity contribution in [3.63, 3.8) is 0 Å². The molecule has 0 spiro atoms. The molecule has 0 nitrogen and oxygen atoms in total. The van der Waals surface area contributed by atoms with Gasteiger partial charge in [0.1, 0.15) is 0 Å². The predicted octanol–water partition coefficient (Wildman–Crippen LogP) is 6.66. The van der Waals surface area contributed by atoms with E-state index in [1.807, 2.05) is 27.7 Å². The third-order valence-electron chi connectivity index (χ3n) is 3.11. The molecule has 3 rings (SSSR count). The molecule has 0 aromatic heterocycles. The first kappa shape index (κ1) is 16.2. The SMILES string of the molecule is CC.CC.Cc1ccc2cc3cc(C)ccc3cc2c1. The van der Waals surface area contributed by atoms with E-state index in [1.165, 1.54) is 32.7 Å². The summed E-state index contributed by atoms with van der Waals surface area (Å²) in [6.45, 7) is 12.3. The van der Waals surface area contributed by atoms with Crippen molar-refractivity contribution in [3.05, 3.63) is 59.7 Å². The number of hydrogen-bond acceptors (Lipinski definition) is 0. The van der Waals surface area contributed by atoms with E-state index in [0.717, 1.165) is 0 Å². The molecule has 0 unspecified atom stereocenters. The summed E-state index contributed by atoms with van der Waals surface area (Å²) >= 11 is 0. The van der Waals surface area contributed by atoms with Crippen LogP contribution in [0.5, 0.6) is 0 Å². The van der Waals surface area contributed by atoms with Crippen molar-refractivity contribution < 1.29 is 0 Å². The average Bonchev–Trinajstić information content (AvgIpc) is 2.49. The zero-order valence-corrected chi connectivity index (χ0v) is 13.6. The second-order valence-corrected chi connectivity index (χ2v) is 4.55. The molecule has 0 bridgehead atoms. The quantitative estimate of drug-likeness (QED) is 0.399. The van der Waals surface area contributed by atoms with Gasteiger partial charge in [-0.15, -0.1) is 0 Å². The van der Waals surface area contributed by atoms with Gasteiger partial charge in [-0.2, -0.15) is 0 Å². The van der Waals surface area contributed by atoms with Crippen LogP contribution < -0.4 is 0 Å². The summed E-state index contributed by atoms with van der Waals surface area (Å²) in [5, 5.41) is 5.31. The highest BCUT2D eigenvalue weighted by molar-refractivity contribution is 5.98. The Hall–Kier alpha value is -1.82. The van der Waals surface area contributed by atoms with E-state index in [9.17, 15) is 0 Å². The zero-order valence-electron chi connectivity index (χ0n) is 13.6. The summed E-state index contributed by atoms with van der Waals surface area (Å²) in [5.74, 6) is 0. The maximum absolute atomic E-state index is 2.27. The molecule has 0 radical (unpaired) electrons. The third kappa shape index (κ3) is 3.60. The summed E-state index contributed by atoms with van der Waals surface area (Å²) in [6.07, 6.45) is 0. The molecule has 3 aromatic carbocycles. The van der Waals surface area contributed by atoms with E-state index < -0.39 is 0 Å². The van der Waals surface area contributed by atoms with Crippen LogP contribution in [0.3, 0.4) is 0 Å². The molecule has 0 saturated heterocycles. The lowest BCUT2D eigenvalue weighted by atomic mass is 10.0.